The van der Waals surface area contributed by atoms with Gasteiger partial charge in [0, 0.05) is 13.1 Å². The molecule has 0 saturated carbocycles. The molecule has 0 spiro atoms. The second-order valence-corrected chi connectivity index (χ2v) is 3.76. The molecule has 5 nitrogen and oxygen atoms in total. The van der Waals surface area contributed by atoms with E-state index in [4.69, 9.17) is 5.73 Å². The predicted molar refractivity (Wildman–Crippen MR) is 58.0 cm³/mol. The number of nitrogens with one attached hydrogen (secondary N) is 1. The first kappa shape index (κ1) is 9.39. The molecule has 1 aliphatic rings. The zero-order chi connectivity index (χ0) is 10.1. The van der Waals surface area contributed by atoms with Crippen molar-refractivity contribution in [1.82, 2.24) is 9.97 Å². The van der Waals surface area contributed by atoms with Gasteiger partial charge in [0.1, 0.15) is 10.7 Å². The number of aromatic nitrogens is 2. The molecule has 1 aromatic rings. The Hall–Kier alpha value is -1.17. The number of H-pyrrole nitrogens is 1. The van der Waals surface area contributed by atoms with Gasteiger partial charge in [0.25, 0.3) is 5.56 Å². The Labute approximate surface area is 86.7 Å². The Balaban J connectivity index is 2.39. The Morgan fingerprint density at radius 1 is 1.43 bits per heavy atom. The molecule has 2 rings (SSSR count). The number of nitrogens with zero attached hydrogens (tertiary/aromatic N) is 2. The smallest absolute Gasteiger partial charge is 0.267 e. The number of nitrogen functional groups attached to an aromatic ring is 1. The van der Waals surface area contributed by atoms with Crippen molar-refractivity contribution >= 4 is 24.4 Å². The van der Waals surface area contributed by atoms with Gasteiger partial charge in [0.15, 0.2) is 0 Å². The first-order valence-corrected chi connectivity index (χ1v) is 4.97. The van der Waals surface area contributed by atoms with E-state index in [1.54, 1.807) is 0 Å². The van der Waals surface area contributed by atoms with E-state index >= 15 is 0 Å². The topological polar surface area (TPSA) is 75.0 Å². The summed E-state index contributed by atoms with van der Waals surface area (Å²) in [6, 6.07) is 0. The van der Waals surface area contributed by atoms with Crippen LogP contribution in [-0.4, -0.2) is 23.1 Å². The number of nitrogens with two attached hydrogens (primary N) is 1. The molecule has 0 aliphatic carbocycles. The SMILES string of the molecule is Nc1nc(N2CCCC2)[nH]c(=O)c1S. The molecular formula is C8H12N4OS. The highest BCUT2D eigenvalue weighted by atomic mass is 32.1. The molecule has 2 heterocycles. The molecule has 0 aromatic carbocycles. The molecule has 6 heteroatoms. The number of anilines is 2. The zero-order valence-corrected chi connectivity index (χ0v) is 8.55. The first-order chi connectivity index (χ1) is 6.68. The molecule has 76 valence electrons. The highest BCUT2D eigenvalue weighted by molar-refractivity contribution is 7.80. The molecular weight excluding hydrogens is 200 g/mol. The van der Waals surface area contributed by atoms with Crippen molar-refractivity contribution in [3.63, 3.8) is 0 Å². The molecule has 14 heavy (non-hydrogen) atoms. The zero-order valence-electron chi connectivity index (χ0n) is 7.66. The lowest BCUT2D eigenvalue weighted by atomic mass is 10.4. The van der Waals surface area contributed by atoms with Crippen molar-refractivity contribution in [3.8, 4) is 0 Å². The van der Waals surface area contributed by atoms with Gasteiger partial charge in [-0.2, -0.15) is 4.98 Å². The Kier molecular flexibility index (Phi) is 2.37. The highest BCUT2D eigenvalue weighted by Gasteiger charge is 2.15. The van der Waals surface area contributed by atoms with Crippen LogP contribution in [0.3, 0.4) is 0 Å². The average molecular weight is 212 g/mol. The summed E-state index contributed by atoms with van der Waals surface area (Å²) in [6.07, 6.45) is 2.26. The fourth-order valence-corrected chi connectivity index (χ4v) is 1.66. The molecule has 1 saturated heterocycles. The maximum absolute atomic E-state index is 11.3. The van der Waals surface area contributed by atoms with E-state index < -0.39 is 0 Å². The molecule has 0 unspecified atom stereocenters. The lowest BCUT2D eigenvalue weighted by molar-refractivity contribution is 0.880. The van der Waals surface area contributed by atoms with Gasteiger partial charge in [-0.1, -0.05) is 0 Å². The molecule has 1 fully saturated rings. The third kappa shape index (κ3) is 1.57. The molecule has 1 aromatic heterocycles. The lowest BCUT2D eigenvalue weighted by Crippen LogP contribution is -2.25. The highest BCUT2D eigenvalue weighted by Crippen LogP contribution is 2.17. The van der Waals surface area contributed by atoms with E-state index in [9.17, 15) is 4.79 Å². The van der Waals surface area contributed by atoms with Crippen molar-refractivity contribution in [3.05, 3.63) is 10.4 Å². The monoisotopic (exact) mass is 212 g/mol. The summed E-state index contributed by atoms with van der Waals surface area (Å²) in [4.78, 5) is 20.3. The summed E-state index contributed by atoms with van der Waals surface area (Å²) >= 11 is 3.95. The summed E-state index contributed by atoms with van der Waals surface area (Å²) in [6.45, 7) is 1.85. The van der Waals surface area contributed by atoms with Crippen LogP contribution >= 0.6 is 12.6 Å². The second kappa shape index (κ2) is 3.53. The fraction of sp³-hybridized carbons (Fsp3) is 0.500. The fourth-order valence-electron chi connectivity index (χ4n) is 1.55. The number of aromatic amines is 1. The van der Waals surface area contributed by atoms with Crippen LogP contribution in [0, 0.1) is 0 Å². The standard InChI is InChI=1S/C8H12N4OS/c9-6-5(14)7(13)11-8(10-6)12-3-1-2-4-12/h14H,1-4H2,(H3,9,10,11,13). The minimum Gasteiger partial charge on any atom is -0.382 e. The summed E-state index contributed by atoms with van der Waals surface area (Å²) in [7, 11) is 0. The second-order valence-electron chi connectivity index (χ2n) is 3.32. The molecule has 0 amide bonds. The van der Waals surface area contributed by atoms with Crippen molar-refractivity contribution < 1.29 is 0 Å². The summed E-state index contributed by atoms with van der Waals surface area (Å²) in [5.41, 5.74) is 5.28. The Morgan fingerprint density at radius 3 is 2.64 bits per heavy atom. The minimum atomic E-state index is -0.275. The van der Waals surface area contributed by atoms with E-state index in [1.807, 2.05) is 4.90 Å². The molecule has 0 radical (unpaired) electrons. The van der Waals surface area contributed by atoms with Crippen molar-refractivity contribution in [2.45, 2.75) is 17.7 Å². The van der Waals surface area contributed by atoms with Crippen LogP contribution in [0.5, 0.6) is 0 Å². The minimum absolute atomic E-state index is 0.188. The van der Waals surface area contributed by atoms with Crippen LogP contribution in [0.1, 0.15) is 12.8 Å². The number of hydrogen-bond acceptors (Lipinski definition) is 5. The Morgan fingerprint density at radius 2 is 2.07 bits per heavy atom. The van der Waals surface area contributed by atoms with Crippen molar-refractivity contribution in [1.29, 1.82) is 0 Å². The van der Waals surface area contributed by atoms with Gasteiger partial charge >= 0.3 is 0 Å². The molecule has 3 N–H and O–H groups in total. The maximum atomic E-state index is 11.3. The van der Waals surface area contributed by atoms with Gasteiger partial charge in [-0.05, 0) is 12.8 Å². The van der Waals surface area contributed by atoms with Crippen molar-refractivity contribution in [2.75, 3.05) is 23.7 Å². The van der Waals surface area contributed by atoms with Gasteiger partial charge in [0.2, 0.25) is 5.95 Å². The van der Waals surface area contributed by atoms with Gasteiger partial charge in [-0.15, -0.1) is 12.6 Å². The number of thiol groups is 1. The van der Waals surface area contributed by atoms with E-state index in [0.29, 0.717) is 5.95 Å². The summed E-state index contributed by atoms with van der Waals surface area (Å²) in [5.74, 6) is 0.752. The van der Waals surface area contributed by atoms with Gasteiger partial charge in [-0.25, -0.2) is 0 Å². The first-order valence-electron chi connectivity index (χ1n) is 4.52. The Bertz CT molecular complexity index is 397. The van der Waals surface area contributed by atoms with Crippen LogP contribution in [0.25, 0.3) is 0 Å². The van der Waals surface area contributed by atoms with Crippen LogP contribution in [0.4, 0.5) is 11.8 Å². The quantitative estimate of drug-likeness (QED) is 0.583. The van der Waals surface area contributed by atoms with Crippen LogP contribution in [0.15, 0.2) is 9.69 Å². The van der Waals surface area contributed by atoms with Crippen LogP contribution in [0.2, 0.25) is 0 Å². The van der Waals surface area contributed by atoms with Gasteiger partial charge < -0.3 is 10.6 Å². The summed E-state index contributed by atoms with van der Waals surface area (Å²) < 4.78 is 0. The van der Waals surface area contributed by atoms with E-state index in [1.165, 1.54) is 0 Å². The lowest BCUT2D eigenvalue weighted by Gasteiger charge is -2.15. The molecule has 0 bridgehead atoms. The normalized spacial score (nSPS) is 16.2. The van der Waals surface area contributed by atoms with Crippen molar-refractivity contribution in [2.24, 2.45) is 0 Å². The van der Waals surface area contributed by atoms with E-state index in [2.05, 4.69) is 22.6 Å². The van der Waals surface area contributed by atoms with Crippen LogP contribution < -0.4 is 16.2 Å². The average Bonchev–Trinajstić information content (AvgIpc) is 2.66. The van der Waals surface area contributed by atoms with Crippen LogP contribution in [-0.2, 0) is 0 Å². The predicted octanol–water partition coefficient (Wildman–Crippen LogP) is 0.241. The van der Waals surface area contributed by atoms with E-state index in [-0.39, 0.29) is 16.3 Å². The third-order valence-electron chi connectivity index (χ3n) is 2.31. The third-order valence-corrected chi connectivity index (χ3v) is 2.75. The maximum Gasteiger partial charge on any atom is 0.267 e. The van der Waals surface area contributed by atoms with Gasteiger partial charge in [0.05, 0.1) is 0 Å². The number of rotatable bonds is 1. The molecule has 1 aliphatic heterocycles. The van der Waals surface area contributed by atoms with Gasteiger partial charge in [-0.3, -0.25) is 9.78 Å². The summed E-state index contributed by atoms with van der Waals surface area (Å²) in [5, 5.41) is 0. The number of hydrogen-bond donors (Lipinski definition) is 3. The van der Waals surface area contributed by atoms with E-state index in [0.717, 1.165) is 25.9 Å². The largest absolute Gasteiger partial charge is 0.382 e. The molecule has 0 atom stereocenters.